The van der Waals surface area contributed by atoms with Crippen molar-refractivity contribution in [1.82, 2.24) is 9.78 Å². The van der Waals surface area contributed by atoms with Crippen molar-refractivity contribution in [2.45, 2.75) is 26.3 Å². The molecule has 0 amide bonds. The largest absolute Gasteiger partial charge is 0.466 e. The van der Waals surface area contributed by atoms with Gasteiger partial charge in [0, 0.05) is 18.4 Å². The number of fused-ring (bicyclic) bond motifs is 1. The molecule has 0 fully saturated rings. The quantitative estimate of drug-likeness (QED) is 0.770. The van der Waals surface area contributed by atoms with Crippen LogP contribution in [0.4, 0.5) is 0 Å². The lowest BCUT2D eigenvalue weighted by atomic mass is 10.1. The van der Waals surface area contributed by atoms with Gasteiger partial charge in [0.25, 0.3) is 0 Å². The number of aromatic nitrogens is 2. The molecule has 0 bridgehead atoms. The maximum atomic E-state index is 11.2. The van der Waals surface area contributed by atoms with Crippen molar-refractivity contribution in [2.24, 2.45) is 0 Å². The summed E-state index contributed by atoms with van der Waals surface area (Å²) in [5, 5.41) is 14.1. The highest BCUT2D eigenvalue weighted by Crippen LogP contribution is 2.18. The zero-order valence-electron chi connectivity index (χ0n) is 10.8. The summed E-state index contributed by atoms with van der Waals surface area (Å²) in [7, 11) is 0. The van der Waals surface area contributed by atoms with Gasteiger partial charge in [0.1, 0.15) is 0 Å². The normalized spacial score (nSPS) is 10.3. The SMILES string of the molecule is CCOC(=O)CCCn1ncc2c(C#N)cccc21. The number of carbonyl (C=O) groups excluding carboxylic acids is 1. The highest BCUT2D eigenvalue weighted by atomic mass is 16.5. The monoisotopic (exact) mass is 257 g/mol. The Morgan fingerprint density at radius 1 is 1.53 bits per heavy atom. The fourth-order valence-corrected chi connectivity index (χ4v) is 1.99. The number of nitriles is 1. The summed E-state index contributed by atoms with van der Waals surface area (Å²) in [6.07, 6.45) is 2.75. The average Bonchev–Trinajstić information content (AvgIpc) is 2.82. The maximum Gasteiger partial charge on any atom is 0.305 e. The van der Waals surface area contributed by atoms with Gasteiger partial charge in [-0.25, -0.2) is 0 Å². The van der Waals surface area contributed by atoms with E-state index in [1.165, 1.54) is 0 Å². The highest BCUT2D eigenvalue weighted by Gasteiger charge is 2.07. The van der Waals surface area contributed by atoms with Crippen LogP contribution in [0.25, 0.3) is 10.9 Å². The van der Waals surface area contributed by atoms with E-state index in [4.69, 9.17) is 10.00 Å². The predicted molar refractivity (Wildman–Crippen MR) is 70.3 cm³/mol. The minimum absolute atomic E-state index is 0.184. The number of ether oxygens (including phenoxy) is 1. The van der Waals surface area contributed by atoms with E-state index in [2.05, 4.69) is 11.2 Å². The smallest absolute Gasteiger partial charge is 0.305 e. The Bertz CT molecular complexity index is 625. The summed E-state index contributed by atoms with van der Waals surface area (Å²) in [6.45, 7) is 2.84. The number of nitrogens with zero attached hydrogens (tertiary/aromatic N) is 3. The first-order valence-electron chi connectivity index (χ1n) is 6.26. The molecule has 1 aromatic carbocycles. The molecule has 0 spiro atoms. The number of carbonyl (C=O) groups is 1. The van der Waals surface area contributed by atoms with Crippen molar-refractivity contribution in [3.63, 3.8) is 0 Å². The number of esters is 1. The number of rotatable bonds is 5. The fraction of sp³-hybridized carbons (Fsp3) is 0.357. The van der Waals surface area contributed by atoms with Crippen LogP contribution in [0.1, 0.15) is 25.3 Å². The Labute approximate surface area is 111 Å². The van der Waals surface area contributed by atoms with Gasteiger partial charge in [-0.3, -0.25) is 9.48 Å². The van der Waals surface area contributed by atoms with E-state index >= 15 is 0 Å². The molecule has 2 rings (SSSR count). The molecule has 0 atom stereocenters. The lowest BCUT2D eigenvalue weighted by Crippen LogP contribution is -2.07. The van der Waals surface area contributed by atoms with Gasteiger partial charge >= 0.3 is 5.97 Å². The molecule has 0 radical (unpaired) electrons. The van der Waals surface area contributed by atoms with Crippen molar-refractivity contribution >= 4 is 16.9 Å². The van der Waals surface area contributed by atoms with Gasteiger partial charge in [0.15, 0.2) is 0 Å². The molecule has 1 aromatic heterocycles. The van der Waals surface area contributed by atoms with Crippen LogP contribution in [0.2, 0.25) is 0 Å². The van der Waals surface area contributed by atoms with E-state index in [-0.39, 0.29) is 5.97 Å². The zero-order valence-corrected chi connectivity index (χ0v) is 10.8. The topological polar surface area (TPSA) is 67.9 Å². The average molecular weight is 257 g/mol. The minimum Gasteiger partial charge on any atom is -0.466 e. The molecule has 19 heavy (non-hydrogen) atoms. The van der Waals surface area contributed by atoms with E-state index in [1.807, 2.05) is 16.8 Å². The number of aryl methyl sites for hydroxylation is 1. The van der Waals surface area contributed by atoms with Crippen LogP contribution in [0.3, 0.4) is 0 Å². The summed E-state index contributed by atoms with van der Waals surface area (Å²) >= 11 is 0. The first-order chi connectivity index (χ1) is 9.26. The fourth-order valence-electron chi connectivity index (χ4n) is 1.99. The third kappa shape index (κ3) is 2.91. The van der Waals surface area contributed by atoms with E-state index in [1.54, 1.807) is 19.2 Å². The number of hydrogen-bond donors (Lipinski definition) is 0. The molecular weight excluding hydrogens is 242 g/mol. The molecule has 2 aromatic rings. The molecule has 5 nitrogen and oxygen atoms in total. The predicted octanol–water partition coefficient (Wildman–Crippen LogP) is 2.25. The first kappa shape index (κ1) is 13.1. The van der Waals surface area contributed by atoms with Gasteiger partial charge in [0.05, 0.1) is 30.0 Å². The van der Waals surface area contributed by atoms with Gasteiger partial charge in [-0.05, 0) is 25.5 Å². The summed E-state index contributed by atoms with van der Waals surface area (Å²) in [5.74, 6) is -0.184. The third-order valence-corrected chi connectivity index (χ3v) is 2.86. The lowest BCUT2D eigenvalue weighted by molar-refractivity contribution is -0.143. The van der Waals surface area contributed by atoms with Crippen molar-refractivity contribution in [1.29, 1.82) is 5.26 Å². The van der Waals surface area contributed by atoms with Crippen molar-refractivity contribution < 1.29 is 9.53 Å². The van der Waals surface area contributed by atoms with Crippen molar-refractivity contribution in [3.8, 4) is 6.07 Å². The third-order valence-electron chi connectivity index (χ3n) is 2.86. The van der Waals surface area contributed by atoms with Crippen LogP contribution >= 0.6 is 0 Å². The van der Waals surface area contributed by atoms with Crippen molar-refractivity contribution in [2.75, 3.05) is 6.61 Å². The summed E-state index contributed by atoms with van der Waals surface area (Å²) < 4.78 is 6.69. The standard InChI is InChI=1S/C14H15N3O2/c1-2-19-14(18)7-4-8-17-13-6-3-5-11(9-15)12(13)10-16-17/h3,5-6,10H,2,4,7-8H2,1H3. The molecule has 0 saturated heterocycles. The second-order valence-electron chi connectivity index (χ2n) is 4.13. The Morgan fingerprint density at radius 2 is 2.37 bits per heavy atom. The Kier molecular flexibility index (Phi) is 4.14. The van der Waals surface area contributed by atoms with Gasteiger partial charge in [-0.15, -0.1) is 0 Å². The van der Waals surface area contributed by atoms with Crippen LogP contribution in [0, 0.1) is 11.3 Å². The van der Waals surface area contributed by atoms with Crippen LogP contribution in [0.15, 0.2) is 24.4 Å². The van der Waals surface area contributed by atoms with Crippen LogP contribution in [-0.4, -0.2) is 22.4 Å². The Hall–Kier alpha value is -2.35. The van der Waals surface area contributed by atoms with Crippen molar-refractivity contribution in [3.05, 3.63) is 30.0 Å². The first-order valence-corrected chi connectivity index (χ1v) is 6.26. The maximum absolute atomic E-state index is 11.2. The summed E-state index contributed by atoms with van der Waals surface area (Å²) in [6, 6.07) is 7.68. The van der Waals surface area contributed by atoms with Crippen LogP contribution in [-0.2, 0) is 16.1 Å². The molecule has 5 heteroatoms. The number of benzene rings is 1. The van der Waals surface area contributed by atoms with Gasteiger partial charge in [-0.2, -0.15) is 10.4 Å². The van der Waals surface area contributed by atoms with Gasteiger partial charge in [0.2, 0.25) is 0 Å². The van der Waals surface area contributed by atoms with Crippen LogP contribution < -0.4 is 0 Å². The van der Waals surface area contributed by atoms with E-state index in [0.717, 1.165) is 10.9 Å². The molecule has 0 N–H and O–H groups in total. The molecule has 0 aliphatic carbocycles. The van der Waals surface area contributed by atoms with E-state index < -0.39 is 0 Å². The zero-order chi connectivity index (χ0) is 13.7. The lowest BCUT2D eigenvalue weighted by Gasteiger charge is -2.04. The number of hydrogen-bond acceptors (Lipinski definition) is 4. The highest BCUT2D eigenvalue weighted by molar-refractivity contribution is 5.84. The molecule has 0 saturated carbocycles. The van der Waals surface area contributed by atoms with Crippen LogP contribution in [0.5, 0.6) is 0 Å². The molecule has 0 aliphatic heterocycles. The summed E-state index contributed by atoms with van der Waals surface area (Å²) in [5.41, 5.74) is 1.54. The molecular formula is C14H15N3O2. The molecule has 98 valence electrons. The minimum atomic E-state index is -0.184. The second kappa shape index (κ2) is 6.01. The summed E-state index contributed by atoms with van der Waals surface area (Å²) in [4.78, 5) is 11.2. The van der Waals surface area contributed by atoms with E-state index in [0.29, 0.717) is 31.6 Å². The Balaban J connectivity index is 2.06. The van der Waals surface area contributed by atoms with Gasteiger partial charge in [-0.1, -0.05) is 6.07 Å². The van der Waals surface area contributed by atoms with E-state index in [9.17, 15) is 4.79 Å². The Morgan fingerprint density at radius 3 is 3.11 bits per heavy atom. The molecule has 0 unspecified atom stereocenters. The van der Waals surface area contributed by atoms with Gasteiger partial charge < -0.3 is 4.74 Å². The molecule has 1 heterocycles. The second-order valence-corrected chi connectivity index (χ2v) is 4.13. The molecule has 0 aliphatic rings.